The number of aliphatic carboxylic acids is 1. The number of benzene rings is 2. The lowest BCUT2D eigenvalue weighted by Gasteiger charge is -2.31. The minimum atomic E-state index is -0.762. The Kier molecular flexibility index (Phi) is 6.59. The zero-order chi connectivity index (χ0) is 16.1. The van der Waals surface area contributed by atoms with E-state index in [0.29, 0.717) is 6.54 Å². The first-order valence-electron chi connectivity index (χ1n) is 7.97. The summed E-state index contributed by atoms with van der Waals surface area (Å²) in [6, 6.07) is 20.9. The number of hydrogen-bond donors (Lipinski definition) is 1. The normalized spacial score (nSPS) is 14.8. The van der Waals surface area contributed by atoms with Crippen molar-refractivity contribution in [3.05, 3.63) is 83.4 Å². The molecule has 3 nitrogen and oxygen atoms in total. The van der Waals surface area contributed by atoms with Crippen LogP contribution < -0.4 is 0 Å². The number of rotatable bonds is 5. The van der Waals surface area contributed by atoms with E-state index in [1.165, 1.54) is 16.7 Å². The second kappa shape index (κ2) is 8.67. The van der Waals surface area contributed by atoms with Crippen molar-refractivity contribution >= 4 is 18.4 Å². The molecule has 0 aliphatic carbocycles. The van der Waals surface area contributed by atoms with Gasteiger partial charge in [-0.2, -0.15) is 0 Å². The molecule has 126 valence electrons. The van der Waals surface area contributed by atoms with E-state index in [0.717, 1.165) is 13.0 Å². The zero-order valence-corrected chi connectivity index (χ0v) is 14.3. The highest BCUT2D eigenvalue weighted by Crippen LogP contribution is 2.33. The van der Waals surface area contributed by atoms with Gasteiger partial charge >= 0.3 is 5.97 Å². The monoisotopic (exact) mass is 343 g/mol. The summed E-state index contributed by atoms with van der Waals surface area (Å²) < 4.78 is 0. The molecule has 3 rings (SSSR count). The predicted molar refractivity (Wildman–Crippen MR) is 98.8 cm³/mol. The van der Waals surface area contributed by atoms with Gasteiger partial charge < -0.3 is 5.11 Å². The first kappa shape index (κ1) is 18.2. The molecule has 1 aliphatic heterocycles. The Morgan fingerprint density at radius 1 is 1.00 bits per heavy atom. The highest BCUT2D eigenvalue weighted by atomic mass is 35.5. The van der Waals surface area contributed by atoms with Crippen molar-refractivity contribution in [2.45, 2.75) is 12.3 Å². The lowest BCUT2D eigenvalue weighted by Crippen LogP contribution is -2.35. The summed E-state index contributed by atoms with van der Waals surface area (Å²) >= 11 is 0. The molecule has 0 bridgehead atoms. The Labute approximate surface area is 149 Å². The molecule has 0 spiro atoms. The van der Waals surface area contributed by atoms with Gasteiger partial charge in [0.2, 0.25) is 0 Å². The summed E-state index contributed by atoms with van der Waals surface area (Å²) in [5, 5.41) is 9.06. The third kappa shape index (κ3) is 4.47. The molecule has 24 heavy (non-hydrogen) atoms. The summed E-state index contributed by atoms with van der Waals surface area (Å²) in [5.74, 6) is -0.573. The minimum absolute atomic E-state index is 0. The molecule has 0 amide bonds. The molecule has 1 aliphatic rings. The van der Waals surface area contributed by atoms with Gasteiger partial charge in [-0.1, -0.05) is 66.7 Å². The summed E-state index contributed by atoms with van der Waals surface area (Å²) in [5.41, 5.74) is 3.79. The van der Waals surface area contributed by atoms with E-state index < -0.39 is 5.97 Å². The smallest absolute Gasteiger partial charge is 0.317 e. The van der Waals surface area contributed by atoms with Crippen molar-refractivity contribution in [3.8, 4) is 0 Å². The number of hydrogen-bond acceptors (Lipinski definition) is 2. The lowest BCUT2D eigenvalue weighted by atomic mass is 9.83. The third-order valence-electron chi connectivity index (χ3n) is 4.25. The fourth-order valence-corrected chi connectivity index (χ4v) is 3.28. The first-order chi connectivity index (χ1) is 11.2. The van der Waals surface area contributed by atoms with E-state index in [2.05, 4.69) is 54.6 Å². The van der Waals surface area contributed by atoms with E-state index >= 15 is 0 Å². The lowest BCUT2D eigenvalue weighted by molar-refractivity contribution is -0.138. The molecule has 1 N–H and O–H groups in total. The van der Waals surface area contributed by atoms with Gasteiger partial charge in [0.15, 0.2) is 0 Å². The van der Waals surface area contributed by atoms with Gasteiger partial charge in [0, 0.05) is 19.0 Å². The SMILES string of the molecule is Cl.O=C(O)CN1CCC=C(C(c2ccccc2)c2ccccc2)C1. The largest absolute Gasteiger partial charge is 0.480 e. The molecule has 0 atom stereocenters. The van der Waals surface area contributed by atoms with Gasteiger partial charge in [0.05, 0.1) is 6.54 Å². The quantitative estimate of drug-likeness (QED) is 0.835. The summed E-state index contributed by atoms with van der Waals surface area (Å²) in [6.07, 6.45) is 3.18. The van der Waals surface area contributed by atoms with E-state index in [4.69, 9.17) is 5.11 Å². The van der Waals surface area contributed by atoms with E-state index in [9.17, 15) is 4.79 Å². The highest BCUT2D eigenvalue weighted by molar-refractivity contribution is 5.85. The molecular formula is C20H22ClNO2. The van der Waals surface area contributed by atoms with Crippen LogP contribution in [0.5, 0.6) is 0 Å². The Morgan fingerprint density at radius 2 is 1.54 bits per heavy atom. The van der Waals surface area contributed by atoms with Crippen LogP contribution in [0.15, 0.2) is 72.3 Å². The molecule has 1 heterocycles. The van der Waals surface area contributed by atoms with Crippen LogP contribution in [-0.4, -0.2) is 35.6 Å². The fourth-order valence-electron chi connectivity index (χ4n) is 3.28. The maximum absolute atomic E-state index is 11.0. The Hall–Kier alpha value is -2.10. The highest BCUT2D eigenvalue weighted by Gasteiger charge is 2.23. The molecule has 0 aromatic heterocycles. The van der Waals surface area contributed by atoms with Gasteiger partial charge in [-0.3, -0.25) is 9.69 Å². The molecule has 0 fully saturated rings. The second-order valence-corrected chi connectivity index (χ2v) is 5.93. The maximum atomic E-state index is 11.0. The fraction of sp³-hybridized carbons (Fsp3) is 0.250. The van der Waals surface area contributed by atoms with Crippen molar-refractivity contribution in [1.82, 2.24) is 4.90 Å². The van der Waals surface area contributed by atoms with Crippen LogP contribution in [0.1, 0.15) is 23.5 Å². The first-order valence-corrected chi connectivity index (χ1v) is 7.97. The van der Waals surface area contributed by atoms with Crippen LogP contribution in [0.3, 0.4) is 0 Å². The molecular weight excluding hydrogens is 322 g/mol. The summed E-state index contributed by atoms with van der Waals surface area (Å²) in [6.45, 7) is 1.63. The third-order valence-corrected chi connectivity index (χ3v) is 4.25. The second-order valence-electron chi connectivity index (χ2n) is 5.93. The van der Waals surface area contributed by atoms with E-state index in [1.807, 2.05) is 17.0 Å². The molecule has 0 unspecified atom stereocenters. The number of halogens is 1. The number of nitrogens with zero attached hydrogens (tertiary/aromatic N) is 1. The van der Waals surface area contributed by atoms with Gasteiger partial charge in [-0.25, -0.2) is 0 Å². The van der Waals surface area contributed by atoms with Crippen molar-refractivity contribution in [3.63, 3.8) is 0 Å². The standard InChI is InChI=1S/C20H21NO2.ClH/c22-19(23)15-21-13-7-12-18(14-21)20(16-8-3-1-4-9-16)17-10-5-2-6-11-17;/h1-6,8-12,20H,7,13-15H2,(H,22,23);1H. The maximum Gasteiger partial charge on any atom is 0.317 e. The summed E-state index contributed by atoms with van der Waals surface area (Å²) in [4.78, 5) is 13.0. The van der Waals surface area contributed by atoms with Crippen LogP contribution in [0.25, 0.3) is 0 Å². The Balaban J connectivity index is 0.00000208. The van der Waals surface area contributed by atoms with Crippen molar-refractivity contribution in [2.24, 2.45) is 0 Å². The van der Waals surface area contributed by atoms with Gasteiger partial charge in [0.25, 0.3) is 0 Å². The van der Waals surface area contributed by atoms with Crippen LogP contribution >= 0.6 is 12.4 Å². The molecule has 0 radical (unpaired) electrons. The Bertz CT molecular complexity index is 646. The van der Waals surface area contributed by atoms with Crippen molar-refractivity contribution < 1.29 is 9.90 Å². The summed E-state index contributed by atoms with van der Waals surface area (Å²) in [7, 11) is 0. The Morgan fingerprint density at radius 3 is 2.04 bits per heavy atom. The van der Waals surface area contributed by atoms with Gasteiger partial charge in [-0.15, -0.1) is 12.4 Å². The molecule has 0 saturated carbocycles. The van der Waals surface area contributed by atoms with Gasteiger partial charge in [-0.05, 0) is 23.1 Å². The minimum Gasteiger partial charge on any atom is -0.480 e. The van der Waals surface area contributed by atoms with Crippen LogP contribution in [0.4, 0.5) is 0 Å². The van der Waals surface area contributed by atoms with Crippen LogP contribution in [0, 0.1) is 0 Å². The topological polar surface area (TPSA) is 40.5 Å². The van der Waals surface area contributed by atoms with E-state index in [1.54, 1.807) is 0 Å². The average molecular weight is 344 g/mol. The average Bonchev–Trinajstić information content (AvgIpc) is 2.57. The molecule has 4 heteroatoms. The van der Waals surface area contributed by atoms with Crippen molar-refractivity contribution in [1.29, 1.82) is 0 Å². The predicted octanol–water partition coefficient (Wildman–Crippen LogP) is 3.96. The van der Waals surface area contributed by atoms with E-state index in [-0.39, 0.29) is 24.9 Å². The van der Waals surface area contributed by atoms with Crippen molar-refractivity contribution in [2.75, 3.05) is 19.6 Å². The van der Waals surface area contributed by atoms with Gasteiger partial charge in [0.1, 0.15) is 0 Å². The molecule has 0 saturated heterocycles. The zero-order valence-electron chi connectivity index (χ0n) is 13.5. The molecule has 2 aromatic carbocycles. The number of carboxylic acid groups (broad SMARTS) is 1. The van der Waals surface area contributed by atoms with Crippen LogP contribution in [0.2, 0.25) is 0 Å². The van der Waals surface area contributed by atoms with Crippen LogP contribution in [-0.2, 0) is 4.79 Å². The number of carbonyl (C=O) groups is 1. The number of carboxylic acids is 1. The molecule has 2 aromatic rings.